The fourth-order valence-corrected chi connectivity index (χ4v) is 3.73. The minimum Gasteiger partial charge on any atom is -0.495 e. The minimum absolute atomic E-state index is 0.0550. The van der Waals surface area contributed by atoms with Gasteiger partial charge < -0.3 is 10.1 Å². The number of hydrogen-bond donors (Lipinski definition) is 2. The largest absolute Gasteiger partial charge is 0.495 e. The van der Waals surface area contributed by atoms with Gasteiger partial charge in [0.1, 0.15) is 5.75 Å². The number of carbonyl (C=O) groups excluding carboxylic acids is 1. The lowest BCUT2D eigenvalue weighted by molar-refractivity contribution is -0.116. The van der Waals surface area contributed by atoms with Crippen LogP contribution in [-0.4, -0.2) is 21.4 Å². The standard InChI is InChI=1S/C17H18N2O4S/c1-11-3-6-15(16(9-11)23-2)19-24(21,22)13-5-7-14-12(10-13)4-8-17(20)18-14/h3,5-7,9-10,19H,4,8H2,1-2H3,(H,18,20). The second-order valence-corrected chi connectivity index (χ2v) is 7.36. The van der Waals surface area contributed by atoms with E-state index < -0.39 is 10.0 Å². The molecule has 24 heavy (non-hydrogen) atoms. The molecule has 0 fully saturated rings. The van der Waals surface area contributed by atoms with Gasteiger partial charge in [-0.1, -0.05) is 6.07 Å². The highest BCUT2D eigenvalue weighted by atomic mass is 32.2. The normalized spacial score (nSPS) is 13.8. The molecule has 1 aliphatic rings. The van der Waals surface area contributed by atoms with Gasteiger partial charge in [-0.2, -0.15) is 0 Å². The molecule has 3 rings (SSSR count). The number of amides is 1. The molecule has 0 aromatic heterocycles. The van der Waals surface area contributed by atoms with Crippen LogP contribution < -0.4 is 14.8 Å². The fraction of sp³-hybridized carbons (Fsp3) is 0.235. The van der Waals surface area contributed by atoms with E-state index >= 15 is 0 Å². The highest BCUT2D eigenvalue weighted by Crippen LogP contribution is 2.30. The van der Waals surface area contributed by atoms with Crippen LogP contribution in [0.15, 0.2) is 41.3 Å². The van der Waals surface area contributed by atoms with E-state index in [-0.39, 0.29) is 10.8 Å². The van der Waals surface area contributed by atoms with Crippen molar-refractivity contribution in [3.8, 4) is 5.75 Å². The molecule has 0 atom stereocenters. The van der Waals surface area contributed by atoms with E-state index in [4.69, 9.17) is 4.74 Å². The van der Waals surface area contributed by atoms with Crippen molar-refractivity contribution in [3.63, 3.8) is 0 Å². The summed E-state index contributed by atoms with van der Waals surface area (Å²) in [6, 6.07) is 9.94. The van der Waals surface area contributed by atoms with Crippen LogP contribution in [0.1, 0.15) is 17.5 Å². The Morgan fingerprint density at radius 2 is 1.92 bits per heavy atom. The van der Waals surface area contributed by atoms with E-state index in [9.17, 15) is 13.2 Å². The molecule has 0 aliphatic carbocycles. The minimum atomic E-state index is -3.75. The third kappa shape index (κ3) is 3.21. The number of methoxy groups -OCH3 is 1. The SMILES string of the molecule is COc1cc(C)ccc1NS(=O)(=O)c1ccc2c(c1)CCC(=O)N2. The number of aryl methyl sites for hydroxylation is 2. The number of ether oxygens (including phenoxy) is 1. The van der Waals surface area contributed by atoms with Gasteiger partial charge >= 0.3 is 0 Å². The summed E-state index contributed by atoms with van der Waals surface area (Å²) >= 11 is 0. The molecule has 0 spiro atoms. The first-order chi connectivity index (χ1) is 11.4. The zero-order valence-corrected chi connectivity index (χ0v) is 14.2. The fourth-order valence-electron chi connectivity index (χ4n) is 2.61. The summed E-state index contributed by atoms with van der Waals surface area (Å²) in [5.74, 6) is 0.407. The molecule has 0 bridgehead atoms. The lowest BCUT2D eigenvalue weighted by atomic mass is 10.0. The number of sulfonamides is 1. The number of carbonyl (C=O) groups is 1. The van der Waals surface area contributed by atoms with Crippen LogP contribution in [0.3, 0.4) is 0 Å². The molecular weight excluding hydrogens is 328 g/mol. The van der Waals surface area contributed by atoms with Crippen LogP contribution >= 0.6 is 0 Å². The molecule has 6 nitrogen and oxygen atoms in total. The monoisotopic (exact) mass is 346 g/mol. The highest BCUT2D eigenvalue weighted by Gasteiger charge is 2.21. The molecule has 1 aliphatic heterocycles. The summed E-state index contributed by atoms with van der Waals surface area (Å²) in [4.78, 5) is 11.5. The molecule has 0 radical (unpaired) electrons. The van der Waals surface area contributed by atoms with E-state index in [1.165, 1.54) is 13.2 Å². The van der Waals surface area contributed by atoms with Gasteiger partial charge in [-0.25, -0.2) is 8.42 Å². The third-order valence-corrected chi connectivity index (χ3v) is 5.25. The number of hydrogen-bond acceptors (Lipinski definition) is 4. The van der Waals surface area contributed by atoms with Crippen molar-refractivity contribution in [2.45, 2.75) is 24.7 Å². The van der Waals surface area contributed by atoms with Gasteiger partial charge in [0.25, 0.3) is 10.0 Å². The van der Waals surface area contributed by atoms with Gasteiger partial charge in [-0.3, -0.25) is 9.52 Å². The number of anilines is 2. The van der Waals surface area contributed by atoms with Gasteiger partial charge in [0, 0.05) is 12.1 Å². The smallest absolute Gasteiger partial charge is 0.262 e. The second kappa shape index (κ2) is 6.16. The van der Waals surface area contributed by atoms with Crippen LogP contribution in [0, 0.1) is 6.92 Å². The van der Waals surface area contributed by atoms with Crippen molar-refractivity contribution < 1.29 is 17.9 Å². The van der Waals surface area contributed by atoms with Gasteiger partial charge in [0.05, 0.1) is 17.7 Å². The number of fused-ring (bicyclic) bond motifs is 1. The van der Waals surface area contributed by atoms with Crippen molar-refractivity contribution in [1.82, 2.24) is 0 Å². The number of benzene rings is 2. The molecule has 1 amide bonds. The zero-order valence-electron chi connectivity index (χ0n) is 13.4. The van der Waals surface area contributed by atoms with Crippen molar-refractivity contribution >= 4 is 27.3 Å². The van der Waals surface area contributed by atoms with E-state index in [2.05, 4.69) is 10.0 Å². The molecule has 0 unspecified atom stereocenters. The van der Waals surface area contributed by atoms with Gasteiger partial charge in [0.15, 0.2) is 0 Å². The Balaban J connectivity index is 1.93. The lowest BCUT2D eigenvalue weighted by Crippen LogP contribution is -2.20. The van der Waals surface area contributed by atoms with Crippen molar-refractivity contribution in [2.24, 2.45) is 0 Å². The predicted octanol–water partition coefficient (Wildman–Crippen LogP) is 2.69. The summed E-state index contributed by atoms with van der Waals surface area (Å²) in [6.45, 7) is 1.90. The number of nitrogens with one attached hydrogen (secondary N) is 2. The van der Waals surface area contributed by atoms with Crippen LogP contribution in [0.2, 0.25) is 0 Å². The third-order valence-electron chi connectivity index (χ3n) is 3.88. The van der Waals surface area contributed by atoms with Gasteiger partial charge in [-0.15, -0.1) is 0 Å². The van der Waals surface area contributed by atoms with Crippen molar-refractivity contribution in [2.75, 3.05) is 17.1 Å². The Kier molecular flexibility index (Phi) is 4.19. The van der Waals surface area contributed by atoms with Gasteiger partial charge in [-0.05, 0) is 54.8 Å². The maximum absolute atomic E-state index is 12.7. The average Bonchev–Trinajstić information content (AvgIpc) is 2.55. The Hall–Kier alpha value is -2.54. The Morgan fingerprint density at radius 1 is 1.12 bits per heavy atom. The summed E-state index contributed by atoms with van der Waals surface area (Å²) in [5.41, 5.74) is 2.83. The van der Waals surface area contributed by atoms with Gasteiger partial charge in [0.2, 0.25) is 5.91 Å². The quantitative estimate of drug-likeness (QED) is 0.891. The van der Waals surface area contributed by atoms with Crippen LogP contribution in [-0.2, 0) is 21.2 Å². The van der Waals surface area contributed by atoms with Crippen LogP contribution in [0.4, 0.5) is 11.4 Å². The molecule has 126 valence electrons. The average molecular weight is 346 g/mol. The molecule has 0 saturated heterocycles. The zero-order chi connectivity index (χ0) is 17.3. The molecule has 1 heterocycles. The summed E-state index contributed by atoms with van der Waals surface area (Å²) in [5, 5.41) is 2.74. The first kappa shape index (κ1) is 16.3. The van der Waals surface area contributed by atoms with Crippen LogP contribution in [0.25, 0.3) is 0 Å². The summed E-state index contributed by atoms with van der Waals surface area (Å²) < 4.78 is 33.1. The first-order valence-electron chi connectivity index (χ1n) is 7.49. The molecule has 7 heteroatoms. The summed E-state index contributed by atoms with van der Waals surface area (Å²) in [6.07, 6.45) is 0.883. The van der Waals surface area contributed by atoms with E-state index in [0.717, 1.165) is 11.1 Å². The molecule has 2 aromatic rings. The Morgan fingerprint density at radius 3 is 2.67 bits per heavy atom. The van der Waals surface area contributed by atoms with Crippen molar-refractivity contribution in [1.29, 1.82) is 0 Å². The number of rotatable bonds is 4. The van der Waals surface area contributed by atoms with E-state index in [1.54, 1.807) is 24.3 Å². The Bertz CT molecular complexity index is 907. The highest BCUT2D eigenvalue weighted by molar-refractivity contribution is 7.92. The lowest BCUT2D eigenvalue weighted by Gasteiger charge is -2.18. The maximum Gasteiger partial charge on any atom is 0.262 e. The Labute approximate surface area is 140 Å². The van der Waals surface area contributed by atoms with Crippen molar-refractivity contribution in [3.05, 3.63) is 47.5 Å². The molecule has 2 aromatic carbocycles. The predicted molar refractivity (Wildman–Crippen MR) is 91.9 cm³/mol. The molecular formula is C17H18N2O4S. The molecule has 0 saturated carbocycles. The summed E-state index contributed by atoms with van der Waals surface area (Å²) in [7, 11) is -2.25. The molecule has 2 N–H and O–H groups in total. The van der Waals surface area contributed by atoms with E-state index in [0.29, 0.717) is 30.0 Å². The second-order valence-electron chi connectivity index (χ2n) is 5.68. The first-order valence-corrected chi connectivity index (χ1v) is 8.97. The van der Waals surface area contributed by atoms with E-state index in [1.807, 2.05) is 13.0 Å². The maximum atomic E-state index is 12.7. The topological polar surface area (TPSA) is 84.5 Å². The van der Waals surface area contributed by atoms with Crippen LogP contribution in [0.5, 0.6) is 5.75 Å².